The molecule has 2 aromatic rings. The first-order valence-electron chi connectivity index (χ1n) is 4.03. The first-order valence-corrected chi connectivity index (χ1v) is 5.58. The minimum absolute atomic E-state index is 0.331. The van der Waals surface area contributed by atoms with Crippen molar-refractivity contribution in [2.75, 3.05) is 0 Å². The number of halogens is 3. The van der Waals surface area contributed by atoms with Crippen LogP contribution in [0.3, 0.4) is 0 Å². The van der Waals surface area contributed by atoms with Crippen molar-refractivity contribution >= 4 is 39.1 Å². The number of aromatic nitrogens is 2. The third-order valence-electron chi connectivity index (χ3n) is 1.82. The van der Waals surface area contributed by atoms with E-state index in [1.165, 1.54) is 0 Å². The molecule has 0 aliphatic heterocycles. The lowest BCUT2D eigenvalue weighted by molar-refractivity contribution is 0.551. The number of hydrogen-bond acceptors (Lipinski definition) is 3. The molecule has 0 amide bonds. The van der Waals surface area contributed by atoms with Gasteiger partial charge in [0.25, 0.3) is 0 Å². The average Bonchev–Trinajstić information content (AvgIpc) is 2.60. The van der Waals surface area contributed by atoms with E-state index < -0.39 is 0 Å². The maximum atomic E-state index is 5.89. The van der Waals surface area contributed by atoms with E-state index in [-0.39, 0.29) is 0 Å². The molecule has 0 aromatic carbocycles. The van der Waals surface area contributed by atoms with Gasteiger partial charge in [0.2, 0.25) is 0 Å². The van der Waals surface area contributed by atoms with Gasteiger partial charge in [-0.1, -0.05) is 23.2 Å². The summed E-state index contributed by atoms with van der Waals surface area (Å²) >= 11 is 15.0. The van der Waals surface area contributed by atoms with Crippen LogP contribution >= 0.6 is 39.1 Å². The minimum Gasteiger partial charge on any atom is -0.446 e. The molecule has 0 bridgehead atoms. The van der Waals surface area contributed by atoms with Crippen molar-refractivity contribution in [1.29, 1.82) is 0 Å². The largest absolute Gasteiger partial charge is 0.446 e. The number of rotatable bonds is 1. The highest BCUT2D eigenvalue weighted by Crippen LogP contribution is 2.27. The Morgan fingerprint density at radius 1 is 1.20 bits per heavy atom. The highest BCUT2D eigenvalue weighted by molar-refractivity contribution is 9.10. The van der Waals surface area contributed by atoms with Crippen LogP contribution in [-0.2, 0) is 0 Å². The summed E-state index contributed by atoms with van der Waals surface area (Å²) in [6.45, 7) is 1.76. The summed E-state index contributed by atoms with van der Waals surface area (Å²) in [6, 6.07) is 3.49. The first-order chi connectivity index (χ1) is 7.08. The summed E-state index contributed by atoms with van der Waals surface area (Å²) in [5.74, 6) is 0.895. The summed E-state index contributed by atoms with van der Waals surface area (Å²) in [7, 11) is 0. The summed E-state index contributed by atoms with van der Waals surface area (Å²) in [6.07, 6.45) is 0. The quantitative estimate of drug-likeness (QED) is 0.744. The number of nitrogens with zero attached hydrogens (tertiary/aromatic N) is 2. The molecule has 0 spiro atoms. The molecule has 0 radical (unpaired) electrons. The Morgan fingerprint density at radius 2 is 1.80 bits per heavy atom. The van der Waals surface area contributed by atoms with Gasteiger partial charge < -0.3 is 4.42 Å². The highest BCUT2D eigenvalue weighted by atomic mass is 79.9. The molecule has 0 fully saturated rings. The minimum atomic E-state index is 0.331. The van der Waals surface area contributed by atoms with Crippen LogP contribution in [0.5, 0.6) is 0 Å². The van der Waals surface area contributed by atoms with Crippen LogP contribution in [-0.4, -0.2) is 9.97 Å². The molecule has 0 aliphatic rings. The molecule has 3 nitrogen and oxygen atoms in total. The molecule has 6 heteroatoms. The Hall–Kier alpha value is -0.580. The number of furan rings is 1. The van der Waals surface area contributed by atoms with Crippen molar-refractivity contribution < 1.29 is 4.42 Å². The summed E-state index contributed by atoms with van der Waals surface area (Å²) in [5, 5.41) is 0.662. The van der Waals surface area contributed by atoms with Gasteiger partial charge >= 0.3 is 0 Å². The molecule has 0 unspecified atom stereocenters. The molecular formula is C9H5BrCl2N2O. The van der Waals surface area contributed by atoms with Gasteiger partial charge in [-0.05, 0) is 35.0 Å². The molecule has 15 heavy (non-hydrogen) atoms. The van der Waals surface area contributed by atoms with E-state index in [1.54, 1.807) is 19.1 Å². The predicted octanol–water partition coefficient (Wildman–Crippen LogP) is 4.11. The van der Waals surface area contributed by atoms with Crippen LogP contribution in [0.15, 0.2) is 21.2 Å². The van der Waals surface area contributed by atoms with Crippen LogP contribution in [0.25, 0.3) is 11.6 Å². The predicted molar refractivity (Wildman–Crippen MR) is 62.2 cm³/mol. The van der Waals surface area contributed by atoms with Crippen LogP contribution in [0.4, 0.5) is 0 Å². The molecule has 0 saturated heterocycles. The van der Waals surface area contributed by atoms with Gasteiger partial charge in [-0.15, -0.1) is 0 Å². The van der Waals surface area contributed by atoms with Gasteiger partial charge in [0.05, 0.1) is 0 Å². The second-order valence-corrected chi connectivity index (χ2v) is 4.36. The molecule has 0 saturated carbocycles. The fourth-order valence-corrected chi connectivity index (χ4v) is 1.70. The number of hydrogen-bond donors (Lipinski definition) is 0. The SMILES string of the molecule is Cc1c(Cl)nc(-c2ccc(Br)o2)nc1Cl. The van der Waals surface area contributed by atoms with Crippen molar-refractivity contribution in [3.05, 3.63) is 32.7 Å². The fraction of sp³-hybridized carbons (Fsp3) is 0.111. The van der Waals surface area contributed by atoms with Gasteiger partial charge in [-0.25, -0.2) is 9.97 Å². The normalized spacial score (nSPS) is 10.7. The van der Waals surface area contributed by atoms with Crippen molar-refractivity contribution in [3.63, 3.8) is 0 Å². The van der Waals surface area contributed by atoms with Crippen molar-refractivity contribution in [2.45, 2.75) is 6.92 Å². The van der Waals surface area contributed by atoms with Gasteiger partial charge in [-0.3, -0.25) is 0 Å². The average molecular weight is 308 g/mol. The Labute approximate surface area is 105 Å². The Kier molecular flexibility index (Phi) is 3.00. The van der Waals surface area contributed by atoms with Gasteiger partial charge in [0.1, 0.15) is 10.3 Å². The lowest BCUT2D eigenvalue weighted by Crippen LogP contribution is -1.92. The smallest absolute Gasteiger partial charge is 0.198 e. The van der Waals surface area contributed by atoms with E-state index in [2.05, 4.69) is 25.9 Å². The molecule has 2 aromatic heterocycles. The van der Waals surface area contributed by atoms with E-state index in [1.807, 2.05) is 0 Å². The van der Waals surface area contributed by atoms with E-state index in [0.717, 1.165) is 0 Å². The molecular weight excluding hydrogens is 303 g/mol. The Balaban J connectivity index is 2.55. The van der Waals surface area contributed by atoms with Crippen LogP contribution in [0.1, 0.15) is 5.56 Å². The zero-order chi connectivity index (χ0) is 11.0. The second kappa shape index (κ2) is 4.12. The summed E-state index contributed by atoms with van der Waals surface area (Å²) in [4.78, 5) is 8.14. The van der Waals surface area contributed by atoms with Crippen LogP contribution in [0.2, 0.25) is 10.3 Å². The third-order valence-corrected chi connectivity index (χ3v) is 2.98. The maximum Gasteiger partial charge on any atom is 0.198 e. The van der Waals surface area contributed by atoms with E-state index in [9.17, 15) is 0 Å². The third kappa shape index (κ3) is 2.17. The summed E-state index contributed by atoms with van der Waals surface area (Å²) in [5.41, 5.74) is 0.660. The molecule has 2 heterocycles. The Morgan fingerprint density at radius 3 is 2.27 bits per heavy atom. The van der Waals surface area contributed by atoms with Crippen molar-refractivity contribution in [2.24, 2.45) is 0 Å². The second-order valence-electron chi connectivity index (χ2n) is 2.86. The van der Waals surface area contributed by atoms with E-state index in [0.29, 0.717) is 32.1 Å². The van der Waals surface area contributed by atoms with Gasteiger partial charge in [-0.2, -0.15) is 0 Å². The van der Waals surface area contributed by atoms with Crippen molar-refractivity contribution in [1.82, 2.24) is 9.97 Å². The molecule has 0 aliphatic carbocycles. The van der Waals surface area contributed by atoms with Crippen LogP contribution in [0, 0.1) is 6.92 Å². The zero-order valence-corrected chi connectivity index (χ0v) is 10.7. The highest BCUT2D eigenvalue weighted by Gasteiger charge is 2.11. The molecule has 0 atom stereocenters. The Bertz CT molecular complexity index is 490. The zero-order valence-electron chi connectivity index (χ0n) is 7.59. The topological polar surface area (TPSA) is 38.9 Å². The maximum absolute atomic E-state index is 5.89. The van der Waals surface area contributed by atoms with Gasteiger partial charge in [0, 0.05) is 5.56 Å². The lowest BCUT2D eigenvalue weighted by Gasteiger charge is -2.01. The standard InChI is InChI=1S/C9H5BrCl2N2O/c1-4-7(11)13-9(14-8(4)12)5-2-3-6(10)15-5/h2-3H,1H3. The first kappa shape index (κ1) is 10.9. The molecule has 78 valence electrons. The van der Waals surface area contributed by atoms with Crippen LogP contribution < -0.4 is 0 Å². The fourth-order valence-electron chi connectivity index (χ4n) is 1.01. The van der Waals surface area contributed by atoms with E-state index in [4.69, 9.17) is 27.6 Å². The van der Waals surface area contributed by atoms with Gasteiger partial charge in [0.15, 0.2) is 16.3 Å². The summed E-state index contributed by atoms with van der Waals surface area (Å²) < 4.78 is 5.90. The van der Waals surface area contributed by atoms with E-state index >= 15 is 0 Å². The monoisotopic (exact) mass is 306 g/mol. The van der Waals surface area contributed by atoms with Crippen molar-refractivity contribution in [3.8, 4) is 11.6 Å². The lowest BCUT2D eigenvalue weighted by atomic mass is 10.3. The molecule has 2 rings (SSSR count). The molecule has 0 N–H and O–H groups in total.